The fraction of sp³-hybridized carbons (Fsp3) is 0.952. The number of thiol groups is 1. The second kappa shape index (κ2) is 13.1. The molecular formula is C21H44N2O4S. The van der Waals surface area contributed by atoms with Crippen LogP contribution in [0.15, 0.2) is 0 Å². The van der Waals surface area contributed by atoms with E-state index in [2.05, 4.69) is 44.9 Å². The molecular weight excluding hydrogens is 376 g/mol. The Balaban J connectivity index is 1.96. The van der Waals surface area contributed by atoms with E-state index in [9.17, 15) is 4.79 Å². The molecule has 0 aromatic carbocycles. The lowest BCUT2D eigenvalue weighted by molar-refractivity contribution is -0.136. The number of piperidine rings is 1. The van der Waals surface area contributed by atoms with Crippen molar-refractivity contribution in [2.24, 2.45) is 10.8 Å². The van der Waals surface area contributed by atoms with Crippen molar-refractivity contribution in [2.75, 3.05) is 71.8 Å². The van der Waals surface area contributed by atoms with Crippen LogP contribution in [-0.4, -0.2) is 82.6 Å². The summed E-state index contributed by atoms with van der Waals surface area (Å²) < 4.78 is 19.9. The zero-order valence-corrected chi connectivity index (χ0v) is 19.9. The number of carbonyl (C=O) groups is 1. The molecule has 7 heteroatoms. The van der Waals surface area contributed by atoms with Crippen LogP contribution in [0.1, 0.15) is 47.0 Å². The highest BCUT2D eigenvalue weighted by Gasteiger charge is 2.40. The molecule has 0 aromatic rings. The smallest absolute Gasteiger partial charge is 0.224 e. The minimum Gasteiger partial charge on any atom is -0.379 e. The minimum atomic E-state index is -0.0601. The van der Waals surface area contributed by atoms with E-state index >= 15 is 0 Å². The molecule has 0 aromatic heterocycles. The Bertz CT molecular complexity index is 433. The second-order valence-corrected chi connectivity index (χ2v) is 11.2. The van der Waals surface area contributed by atoms with Crippen LogP contribution in [0.2, 0.25) is 0 Å². The molecule has 0 saturated carbocycles. The van der Waals surface area contributed by atoms with Gasteiger partial charge >= 0.3 is 0 Å². The first-order valence-corrected chi connectivity index (χ1v) is 12.8. The molecule has 1 aliphatic heterocycles. The highest BCUT2D eigenvalue weighted by atomic mass is 32.2. The van der Waals surface area contributed by atoms with Gasteiger partial charge in [0.2, 0.25) is 5.91 Å². The number of carbonyl (C=O) groups excluding carboxylic acids is 1. The van der Waals surface area contributed by atoms with Crippen LogP contribution in [0.3, 0.4) is 0 Å². The third kappa shape index (κ3) is 9.92. The lowest BCUT2D eigenvalue weighted by atomic mass is 9.63. The summed E-state index contributed by atoms with van der Waals surface area (Å²) in [7, 11) is 0. The van der Waals surface area contributed by atoms with E-state index in [1.807, 2.05) is 4.90 Å². The van der Waals surface area contributed by atoms with E-state index in [-0.39, 0.29) is 22.4 Å². The lowest BCUT2D eigenvalue weighted by Crippen LogP contribution is -2.47. The molecule has 0 atom stereocenters. The SMILES string of the molecule is C[SH](C)NCCOCCOCCOCCC(=O)N1CCC(C)(C(C)(C)C)CC1. The number of rotatable bonds is 13. The predicted octanol–water partition coefficient (Wildman–Crippen LogP) is 2.87. The van der Waals surface area contributed by atoms with Gasteiger partial charge in [0.25, 0.3) is 0 Å². The van der Waals surface area contributed by atoms with E-state index in [4.69, 9.17) is 14.2 Å². The molecule has 0 unspecified atom stereocenters. The van der Waals surface area contributed by atoms with Crippen LogP contribution in [0.5, 0.6) is 0 Å². The summed E-state index contributed by atoms with van der Waals surface area (Å²) in [5, 5.41) is 0. The van der Waals surface area contributed by atoms with Crippen molar-refractivity contribution in [3.63, 3.8) is 0 Å². The van der Waals surface area contributed by atoms with E-state index in [0.29, 0.717) is 51.5 Å². The maximum atomic E-state index is 12.4. The van der Waals surface area contributed by atoms with Gasteiger partial charge in [-0.3, -0.25) is 9.52 Å². The number of ether oxygens (including phenoxy) is 3. The fourth-order valence-electron chi connectivity index (χ4n) is 3.20. The molecule has 1 aliphatic rings. The number of likely N-dealkylation sites (tertiary alicyclic amines) is 1. The Morgan fingerprint density at radius 1 is 0.964 bits per heavy atom. The van der Waals surface area contributed by atoms with Crippen molar-refractivity contribution < 1.29 is 19.0 Å². The molecule has 1 saturated heterocycles. The van der Waals surface area contributed by atoms with Crippen molar-refractivity contribution in [3.05, 3.63) is 0 Å². The van der Waals surface area contributed by atoms with Crippen molar-refractivity contribution in [1.82, 2.24) is 9.62 Å². The molecule has 1 heterocycles. The van der Waals surface area contributed by atoms with Crippen LogP contribution in [0, 0.1) is 10.8 Å². The maximum absolute atomic E-state index is 12.4. The quantitative estimate of drug-likeness (QED) is 0.354. The zero-order valence-electron chi connectivity index (χ0n) is 19.0. The van der Waals surface area contributed by atoms with Gasteiger partial charge in [-0.05, 0) is 36.2 Å². The molecule has 28 heavy (non-hydrogen) atoms. The highest BCUT2D eigenvalue weighted by Crippen LogP contribution is 2.46. The normalized spacial score (nSPS) is 17.6. The summed E-state index contributed by atoms with van der Waals surface area (Å²) in [5.74, 6) is 0.210. The van der Waals surface area contributed by atoms with Gasteiger partial charge in [0, 0.05) is 19.6 Å². The monoisotopic (exact) mass is 420 g/mol. The molecule has 0 aliphatic carbocycles. The van der Waals surface area contributed by atoms with Crippen LogP contribution in [0.25, 0.3) is 0 Å². The van der Waals surface area contributed by atoms with E-state index in [0.717, 1.165) is 32.5 Å². The molecule has 0 radical (unpaired) electrons. The summed E-state index contributed by atoms with van der Waals surface area (Å²) in [4.78, 5) is 14.4. The molecule has 0 bridgehead atoms. The Hall–Kier alpha value is -0.340. The van der Waals surface area contributed by atoms with Gasteiger partial charge in [0.15, 0.2) is 0 Å². The number of hydrogen-bond acceptors (Lipinski definition) is 5. The Labute approximate surface area is 175 Å². The number of nitrogens with one attached hydrogen (secondary N) is 1. The highest BCUT2D eigenvalue weighted by molar-refractivity contribution is 8.14. The van der Waals surface area contributed by atoms with Crippen molar-refractivity contribution in [2.45, 2.75) is 47.0 Å². The Kier molecular flexibility index (Phi) is 12.0. The van der Waals surface area contributed by atoms with Gasteiger partial charge in [-0.15, -0.1) is 0 Å². The third-order valence-electron chi connectivity index (χ3n) is 5.91. The largest absolute Gasteiger partial charge is 0.379 e. The molecule has 6 nitrogen and oxygen atoms in total. The molecule has 0 spiro atoms. The second-order valence-electron chi connectivity index (χ2n) is 9.08. The van der Waals surface area contributed by atoms with Crippen LogP contribution < -0.4 is 4.72 Å². The van der Waals surface area contributed by atoms with Gasteiger partial charge in [-0.2, -0.15) is 0 Å². The van der Waals surface area contributed by atoms with Crippen LogP contribution >= 0.6 is 11.1 Å². The fourth-order valence-corrected chi connectivity index (χ4v) is 3.74. The van der Waals surface area contributed by atoms with Gasteiger partial charge < -0.3 is 19.1 Å². The van der Waals surface area contributed by atoms with Gasteiger partial charge in [-0.1, -0.05) is 27.7 Å². The standard InChI is InChI=1S/C21H44N2O4S/c1-20(2,3)21(4)8-11-23(12-9-21)19(24)7-13-25-15-17-27-18-16-26-14-10-22-28(5)6/h22,28H,7-18H2,1-6H3. The lowest BCUT2D eigenvalue weighted by Gasteiger charge is -2.47. The Morgan fingerprint density at radius 2 is 1.46 bits per heavy atom. The zero-order chi connectivity index (χ0) is 21.0. The number of hydrogen-bond donors (Lipinski definition) is 2. The van der Waals surface area contributed by atoms with E-state index in [1.54, 1.807) is 0 Å². The molecule has 1 rings (SSSR count). The van der Waals surface area contributed by atoms with E-state index < -0.39 is 0 Å². The molecule has 168 valence electrons. The van der Waals surface area contributed by atoms with Gasteiger partial charge in [0.05, 0.1) is 46.1 Å². The molecule has 1 fully saturated rings. The van der Waals surface area contributed by atoms with Crippen LogP contribution in [0.4, 0.5) is 0 Å². The summed E-state index contributed by atoms with van der Waals surface area (Å²) in [6.45, 7) is 15.3. The van der Waals surface area contributed by atoms with E-state index in [1.165, 1.54) is 0 Å². The predicted molar refractivity (Wildman–Crippen MR) is 119 cm³/mol. The topological polar surface area (TPSA) is 60.0 Å². The summed E-state index contributed by atoms with van der Waals surface area (Å²) in [5.41, 5.74) is 0.592. The summed E-state index contributed by atoms with van der Waals surface area (Å²) in [6.07, 6.45) is 6.98. The first-order chi connectivity index (χ1) is 13.2. The Morgan fingerprint density at radius 3 is 1.96 bits per heavy atom. The van der Waals surface area contributed by atoms with Crippen LogP contribution in [-0.2, 0) is 19.0 Å². The van der Waals surface area contributed by atoms with Gasteiger partial charge in [0.1, 0.15) is 0 Å². The average molecular weight is 421 g/mol. The van der Waals surface area contributed by atoms with Crippen molar-refractivity contribution >= 4 is 17.0 Å². The minimum absolute atomic E-state index is 0.0601. The summed E-state index contributed by atoms with van der Waals surface area (Å²) in [6, 6.07) is 0. The first-order valence-electron chi connectivity index (χ1n) is 10.6. The molecule has 1 N–H and O–H groups in total. The average Bonchev–Trinajstić information content (AvgIpc) is 2.62. The first kappa shape index (κ1) is 25.7. The maximum Gasteiger partial charge on any atom is 0.224 e. The number of amides is 1. The van der Waals surface area contributed by atoms with Crippen molar-refractivity contribution in [3.8, 4) is 0 Å². The van der Waals surface area contributed by atoms with Crippen molar-refractivity contribution in [1.29, 1.82) is 0 Å². The molecule has 1 amide bonds. The summed E-state index contributed by atoms with van der Waals surface area (Å²) >= 11 is -0.0601. The third-order valence-corrected chi connectivity index (χ3v) is 6.77. The van der Waals surface area contributed by atoms with Gasteiger partial charge in [-0.25, -0.2) is 11.1 Å². The number of nitrogens with zero attached hydrogens (tertiary/aromatic N) is 1.